The molecule has 3 rings (SSSR count). The van der Waals surface area contributed by atoms with Crippen molar-refractivity contribution in [3.63, 3.8) is 0 Å². The maximum atomic E-state index is 13.8. The summed E-state index contributed by atoms with van der Waals surface area (Å²) in [5.41, 5.74) is 0.609. The average Bonchev–Trinajstić information content (AvgIpc) is 2.73. The third-order valence-corrected chi connectivity index (χ3v) is 7.63. The van der Waals surface area contributed by atoms with Gasteiger partial charge in [-0.1, -0.05) is 29.3 Å². The van der Waals surface area contributed by atoms with E-state index in [-0.39, 0.29) is 52.1 Å². The van der Waals surface area contributed by atoms with Crippen molar-refractivity contribution in [2.24, 2.45) is 5.92 Å². The highest BCUT2D eigenvalue weighted by molar-refractivity contribution is 7.89. The van der Waals surface area contributed by atoms with Gasteiger partial charge in [0.2, 0.25) is 15.9 Å². The van der Waals surface area contributed by atoms with Gasteiger partial charge in [0.25, 0.3) is 0 Å². The van der Waals surface area contributed by atoms with Crippen LogP contribution >= 0.6 is 23.2 Å². The van der Waals surface area contributed by atoms with Crippen molar-refractivity contribution < 1.29 is 22.3 Å². The number of nitrogens with zero attached hydrogens (tertiary/aromatic N) is 1. The van der Waals surface area contributed by atoms with Crippen molar-refractivity contribution in [1.82, 2.24) is 9.62 Å². The van der Waals surface area contributed by atoms with Crippen LogP contribution < -0.4 is 10.1 Å². The third-order valence-electron chi connectivity index (χ3n) is 5.02. The molecule has 0 radical (unpaired) electrons. The summed E-state index contributed by atoms with van der Waals surface area (Å²) in [6, 6.07) is 8.77. The number of carbonyl (C=O) groups is 1. The molecule has 2 aromatic rings. The molecule has 2 aromatic carbocycles. The van der Waals surface area contributed by atoms with Gasteiger partial charge in [-0.15, -0.1) is 0 Å². The summed E-state index contributed by atoms with van der Waals surface area (Å²) in [7, 11) is -2.42. The molecule has 0 aromatic heterocycles. The zero-order valence-electron chi connectivity index (χ0n) is 16.2. The van der Waals surface area contributed by atoms with Gasteiger partial charge in [-0.25, -0.2) is 12.8 Å². The molecule has 0 atom stereocenters. The number of methoxy groups -OCH3 is 1. The first-order valence-corrected chi connectivity index (χ1v) is 11.5. The van der Waals surface area contributed by atoms with E-state index in [0.717, 1.165) is 0 Å². The van der Waals surface area contributed by atoms with Crippen LogP contribution in [0.2, 0.25) is 10.0 Å². The molecule has 1 heterocycles. The maximum Gasteiger partial charge on any atom is 0.244 e. The van der Waals surface area contributed by atoms with E-state index in [1.807, 2.05) is 0 Å². The summed E-state index contributed by atoms with van der Waals surface area (Å²) in [5.74, 6) is -0.876. The lowest BCUT2D eigenvalue weighted by molar-refractivity contribution is -0.126. The number of halogens is 3. The Balaban J connectivity index is 1.57. The van der Waals surface area contributed by atoms with Gasteiger partial charge < -0.3 is 10.1 Å². The lowest BCUT2D eigenvalue weighted by Gasteiger charge is -2.30. The standard InChI is InChI=1S/C20H21Cl2FN2O4S/c1-29-18-5-2-13(10-17(18)23)12-24-20(26)14-6-8-25(9-7-14)30(27,28)19-11-15(21)3-4-16(19)22/h2-5,10-11,14H,6-9,12H2,1H3,(H,24,26). The van der Waals surface area contributed by atoms with E-state index in [9.17, 15) is 17.6 Å². The van der Waals surface area contributed by atoms with Crippen LogP contribution in [0.4, 0.5) is 4.39 Å². The largest absolute Gasteiger partial charge is 0.494 e. The minimum absolute atomic E-state index is 0.0406. The Morgan fingerprint density at radius 1 is 1.20 bits per heavy atom. The van der Waals surface area contributed by atoms with Crippen LogP contribution in [0.3, 0.4) is 0 Å². The molecule has 1 aliphatic heterocycles. The highest BCUT2D eigenvalue weighted by Gasteiger charge is 2.33. The molecule has 6 nitrogen and oxygen atoms in total. The number of ether oxygens (including phenoxy) is 1. The third kappa shape index (κ3) is 5.06. The minimum Gasteiger partial charge on any atom is -0.494 e. The van der Waals surface area contributed by atoms with Crippen LogP contribution in [0, 0.1) is 11.7 Å². The number of sulfonamides is 1. The number of nitrogens with one attached hydrogen (secondary N) is 1. The maximum absolute atomic E-state index is 13.8. The second kappa shape index (κ2) is 9.51. The van der Waals surface area contributed by atoms with E-state index in [1.54, 1.807) is 6.07 Å². The molecular weight excluding hydrogens is 454 g/mol. The smallest absolute Gasteiger partial charge is 0.244 e. The first kappa shape index (κ1) is 22.8. The molecule has 0 aliphatic carbocycles. The van der Waals surface area contributed by atoms with E-state index in [4.69, 9.17) is 27.9 Å². The number of hydrogen-bond donors (Lipinski definition) is 1. The SMILES string of the molecule is COc1ccc(CNC(=O)C2CCN(S(=O)(=O)c3cc(Cl)ccc3Cl)CC2)cc1F. The number of hydrogen-bond acceptors (Lipinski definition) is 4. The second-order valence-electron chi connectivity index (χ2n) is 6.94. The number of rotatable bonds is 6. The lowest BCUT2D eigenvalue weighted by Crippen LogP contribution is -2.42. The Morgan fingerprint density at radius 2 is 1.90 bits per heavy atom. The van der Waals surface area contributed by atoms with E-state index in [0.29, 0.717) is 18.4 Å². The minimum atomic E-state index is -3.80. The molecule has 0 unspecified atom stereocenters. The molecule has 1 fully saturated rings. The molecule has 1 saturated heterocycles. The summed E-state index contributed by atoms with van der Waals surface area (Å²) in [5, 5.41) is 3.16. The molecule has 0 bridgehead atoms. The Kier molecular flexibility index (Phi) is 7.23. The Bertz CT molecular complexity index is 1040. The predicted octanol–water partition coefficient (Wildman–Crippen LogP) is 3.86. The van der Waals surface area contributed by atoms with Crippen LogP contribution in [0.25, 0.3) is 0 Å². The predicted molar refractivity (Wildman–Crippen MR) is 113 cm³/mol. The van der Waals surface area contributed by atoms with Crippen molar-refractivity contribution in [2.75, 3.05) is 20.2 Å². The van der Waals surface area contributed by atoms with Gasteiger partial charge in [-0.3, -0.25) is 4.79 Å². The highest BCUT2D eigenvalue weighted by Crippen LogP contribution is 2.30. The molecule has 30 heavy (non-hydrogen) atoms. The fraction of sp³-hybridized carbons (Fsp3) is 0.350. The molecule has 1 aliphatic rings. The lowest BCUT2D eigenvalue weighted by atomic mass is 9.97. The average molecular weight is 475 g/mol. The Hall–Kier alpha value is -1.87. The van der Waals surface area contributed by atoms with Crippen molar-refractivity contribution >= 4 is 39.1 Å². The van der Waals surface area contributed by atoms with Gasteiger partial charge in [-0.05, 0) is 48.7 Å². The van der Waals surface area contributed by atoms with E-state index < -0.39 is 15.8 Å². The molecule has 0 spiro atoms. The quantitative estimate of drug-likeness (QED) is 0.689. The van der Waals surface area contributed by atoms with Crippen LogP contribution in [-0.4, -0.2) is 38.8 Å². The van der Waals surface area contributed by atoms with Gasteiger partial charge in [0.05, 0.1) is 12.1 Å². The molecular formula is C20H21Cl2FN2O4S. The summed E-state index contributed by atoms with van der Waals surface area (Å²) >= 11 is 12.0. The molecule has 162 valence electrons. The van der Waals surface area contributed by atoms with Gasteiger partial charge >= 0.3 is 0 Å². The van der Waals surface area contributed by atoms with Gasteiger partial charge in [0.15, 0.2) is 11.6 Å². The number of benzene rings is 2. The Labute approximate surface area is 185 Å². The topological polar surface area (TPSA) is 75.7 Å². The van der Waals surface area contributed by atoms with Crippen molar-refractivity contribution in [3.05, 3.63) is 57.8 Å². The van der Waals surface area contributed by atoms with Crippen LogP contribution in [0.5, 0.6) is 5.75 Å². The van der Waals surface area contributed by atoms with Gasteiger partial charge in [0.1, 0.15) is 4.90 Å². The monoisotopic (exact) mass is 474 g/mol. The summed E-state index contributed by atoms with van der Waals surface area (Å²) in [6.45, 7) is 0.567. The first-order chi connectivity index (χ1) is 14.2. The zero-order valence-corrected chi connectivity index (χ0v) is 18.5. The molecule has 1 N–H and O–H groups in total. The fourth-order valence-corrected chi connectivity index (χ4v) is 5.53. The number of piperidine rings is 1. The normalized spacial score (nSPS) is 15.7. The summed E-state index contributed by atoms with van der Waals surface area (Å²) < 4.78 is 45.7. The number of amides is 1. The van der Waals surface area contributed by atoms with Gasteiger partial charge in [-0.2, -0.15) is 4.31 Å². The van der Waals surface area contributed by atoms with Crippen molar-refractivity contribution in [2.45, 2.75) is 24.3 Å². The second-order valence-corrected chi connectivity index (χ2v) is 9.69. The van der Waals surface area contributed by atoms with Crippen LogP contribution in [-0.2, 0) is 21.4 Å². The van der Waals surface area contributed by atoms with Crippen molar-refractivity contribution in [1.29, 1.82) is 0 Å². The van der Waals surface area contributed by atoms with Crippen LogP contribution in [0.1, 0.15) is 18.4 Å². The summed E-state index contributed by atoms with van der Waals surface area (Å²) in [4.78, 5) is 12.4. The van der Waals surface area contributed by atoms with Crippen molar-refractivity contribution in [3.8, 4) is 5.75 Å². The summed E-state index contributed by atoms with van der Waals surface area (Å²) in [6.07, 6.45) is 0.750. The zero-order chi connectivity index (χ0) is 21.9. The molecule has 1 amide bonds. The number of carbonyl (C=O) groups excluding carboxylic acids is 1. The van der Waals surface area contributed by atoms with E-state index in [1.165, 1.54) is 41.7 Å². The van der Waals surface area contributed by atoms with Gasteiger partial charge in [0, 0.05) is 30.6 Å². The molecule has 0 saturated carbocycles. The van der Waals surface area contributed by atoms with E-state index in [2.05, 4.69) is 5.32 Å². The van der Waals surface area contributed by atoms with E-state index >= 15 is 0 Å². The van der Waals surface area contributed by atoms with Crippen LogP contribution in [0.15, 0.2) is 41.3 Å². The fourth-order valence-electron chi connectivity index (χ4n) is 3.33. The Morgan fingerprint density at radius 3 is 2.53 bits per heavy atom. The highest BCUT2D eigenvalue weighted by atomic mass is 35.5. The first-order valence-electron chi connectivity index (χ1n) is 9.27. The molecule has 10 heteroatoms.